The predicted molar refractivity (Wildman–Crippen MR) is 75.6 cm³/mol. The average Bonchev–Trinajstić information content (AvgIpc) is 2.53. The Labute approximate surface area is 126 Å². The van der Waals surface area contributed by atoms with Crippen molar-refractivity contribution in [2.24, 2.45) is 0 Å². The van der Waals surface area contributed by atoms with Crippen LogP contribution in [0.2, 0.25) is 0 Å². The van der Waals surface area contributed by atoms with Gasteiger partial charge in [0, 0.05) is 19.2 Å². The molecule has 22 heavy (non-hydrogen) atoms. The number of hydrogen-bond acceptors (Lipinski definition) is 3. The molecule has 0 fully saturated rings. The number of carbonyl (C=O) groups is 2. The van der Waals surface area contributed by atoms with E-state index in [2.05, 4.69) is 4.98 Å². The minimum Gasteiger partial charge on any atom is -0.480 e. The number of aliphatic carboxylic acids is 1. The van der Waals surface area contributed by atoms with E-state index < -0.39 is 23.9 Å². The van der Waals surface area contributed by atoms with Crippen LogP contribution in [0.5, 0.6) is 0 Å². The van der Waals surface area contributed by atoms with Crippen LogP contribution in [0.4, 0.5) is 4.39 Å². The molecule has 2 heterocycles. The van der Waals surface area contributed by atoms with E-state index in [-0.39, 0.29) is 18.5 Å². The van der Waals surface area contributed by atoms with E-state index in [0.717, 1.165) is 11.1 Å². The Kier molecular flexibility index (Phi) is 3.58. The minimum absolute atomic E-state index is 0.139. The van der Waals surface area contributed by atoms with Crippen molar-refractivity contribution in [2.75, 3.05) is 0 Å². The molecule has 1 aromatic heterocycles. The van der Waals surface area contributed by atoms with Gasteiger partial charge in [-0.25, -0.2) is 9.78 Å². The van der Waals surface area contributed by atoms with Crippen molar-refractivity contribution < 1.29 is 19.1 Å². The third-order valence-electron chi connectivity index (χ3n) is 3.78. The average molecular weight is 300 g/mol. The van der Waals surface area contributed by atoms with E-state index in [0.29, 0.717) is 0 Å². The first kappa shape index (κ1) is 14.2. The van der Waals surface area contributed by atoms with Gasteiger partial charge in [0.25, 0.3) is 5.91 Å². The fourth-order valence-electron chi connectivity index (χ4n) is 2.66. The zero-order valence-electron chi connectivity index (χ0n) is 11.6. The number of aromatic nitrogens is 1. The maximum absolute atomic E-state index is 13.7. The van der Waals surface area contributed by atoms with Crippen molar-refractivity contribution in [1.29, 1.82) is 0 Å². The zero-order chi connectivity index (χ0) is 15.7. The lowest BCUT2D eigenvalue weighted by molar-refractivity contribution is -0.142. The molecule has 1 atom stereocenters. The Morgan fingerprint density at radius 1 is 1.18 bits per heavy atom. The highest BCUT2D eigenvalue weighted by atomic mass is 19.1. The number of fused-ring (bicyclic) bond motifs is 1. The monoisotopic (exact) mass is 300 g/mol. The summed E-state index contributed by atoms with van der Waals surface area (Å²) in [4.78, 5) is 28.7. The predicted octanol–water partition coefficient (Wildman–Crippen LogP) is 1.87. The second-order valence-corrected chi connectivity index (χ2v) is 5.10. The number of hydrogen-bond donors (Lipinski definition) is 1. The third-order valence-corrected chi connectivity index (χ3v) is 3.78. The maximum Gasteiger partial charge on any atom is 0.326 e. The van der Waals surface area contributed by atoms with Crippen molar-refractivity contribution in [3.8, 4) is 0 Å². The lowest BCUT2D eigenvalue weighted by Gasteiger charge is -2.34. The van der Waals surface area contributed by atoms with Crippen LogP contribution in [0.15, 0.2) is 42.6 Å². The molecule has 1 unspecified atom stereocenters. The molecule has 0 bridgehead atoms. The van der Waals surface area contributed by atoms with Gasteiger partial charge in [-0.3, -0.25) is 4.79 Å². The number of halogens is 1. The number of rotatable bonds is 2. The molecule has 0 saturated heterocycles. The highest BCUT2D eigenvalue weighted by Crippen LogP contribution is 2.25. The summed E-state index contributed by atoms with van der Waals surface area (Å²) in [6.07, 6.45) is 1.45. The first-order valence-electron chi connectivity index (χ1n) is 6.79. The fraction of sp³-hybridized carbons (Fsp3) is 0.188. The van der Waals surface area contributed by atoms with E-state index in [1.807, 2.05) is 24.3 Å². The second kappa shape index (κ2) is 5.55. The Bertz CT molecular complexity index is 748. The van der Waals surface area contributed by atoms with Crippen molar-refractivity contribution in [3.63, 3.8) is 0 Å². The molecule has 6 heteroatoms. The number of amides is 1. The molecule has 1 aromatic carbocycles. The number of pyridine rings is 1. The van der Waals surface area contributed by atoms with E-state index in [4.69, 9.17) is 0 Å². The van der Waals surface area contributed by atoms with Gasteiger partial charge >= 0.3 is 5.97 Å². The topological polar surface area (TPSA) is 70.5 Å². The van der Waals surface area contributed by atoms with Crippen LogP contribution >= 0.6 is 0 Å². The lowest BCUT2D eigenvalue weighted by atomic mass is 9.93. The summed E-state index contributed by atoms with van der Waals surface area (Å²) in [5, 5.41) is 9.40. The van der Waals surface area contributed by atoms with Crippen LogP contribution in [-0.4, -0.2) is 32.9 Å². The highest BCUT2D eigenvalue weighted by molar-refractivity contribution is 5.96. The van der Waals surface area contributed by atoms with Crippen LogP contribution in [0.3, 0.4) is 0 Å². The molecule has 2 aromatic rings. The van der Waals surface area contributed by atoms with Crippen LogP contribution in [0.25, 0.3) is 0 Å². The summed E-state index contributed by atoms with van der Waals surface area (Å²) in [5.41, 5.74) is 1.55. The molecule has 1 N–H and O–H groups in total. The van der Waals surface area contributed by atoms with Gasteiger partial charge < -0.3 is 10.0 Å². The van der Waals surface area contributed by atoms with Crippen molar-refractivity contribution in [3.05, 3.63) is 65.2 Å². The van der Waals surface area contributed by atoms with E-state index in [1.165, 1.54) is 23.2 Å². The molecule has 112 valence electrons. The quantitative estimate of drug-likeness (QED) is 0.860. The molecule has 1 amide bonds. The second-order valence-electron chi connectivity index (χ2n) is 5.10. The molecule has 0 radical (unpaired) electrons. The van der Waals surface area contributed by atoms with Gasteiger partial charge in [-0.15, -0.1) is 0 Å². The van der Waals surface area contributed by atoms with Crippen LogP contribution in [0.1, 0.15) is 21.5 Å². The number of carbonyl (C=O) groups excluding carboxylic acids is 1. The summed E-state index contributed by atoms with van der Waals surface area (Å²) < 4.78 is 13.7. The normalized spacial score (nSPS) is 17.0. The molecule has 0 saturated carbocycles. The van der Waals surface area contributed by atoms with Crippen molar-refractivity contribution in [2.45, 2.75) is 19.0 Å². The largest absolute Gasteiger partial charge is 0.480 e. The summed E-state index contributed by atoms with van der Waals surface area (Å²) in [6.45, 7) is 0.139. The Hall–Kier alpha value is -2.76. The molecular weight excluding hydrogens is 287 g/mol. The highest BCUT2D eigenvalue weighted by Gasteiger charge is 2.35. The van der Waals surface area contributed by atoms with Gasteiger partial charge in [0.15, 0.2) is 0 Å². The number of carboxylic acids is 1. The summed E-state index contributed by atoms with van der Waals surface area (Å²) in [6, 6.07) is 9.09. The maximum atomic E-state index is 13.7. The van der Waals surface area contributed by atoms with Gasteiger partial charge in [0.2, 0.25) is 5.95 Å². The van der Waals surface area contributed by atoms with Gasteiger partial charge in [0.05, 0.1) is 5.56 Å². The summed E-state index contributed by atoms with van der Waals surface area (Å²) >= 11 is 0. The minimum atomic E-state index is -1.10. The summed E-state index contributed by atoms with van der Waals surface area (Å²) in [7, 11) is 0. The molecule has 1 aliphatic heterocycles. The van der Waals surface area contributed by atoms with Gasteiger partial charge in [-0.05, 0) is 23.3 Å². The van der Waals surface area contributed by atoms with E-state index in [1.54, 1.807) is 0 Å². The van der Waals surface area contributed by atoms with Crippen LogP contribution in [0, 0.1) is 5.95 Å². The Morgan fingerprint density at radius 2 is 1.91 bits per heavy atom. The first-order chi connectivity index (χ1) is 10.6. The van der Waals surface area contributed by atoms with Crippen LogP contribution in [-0.2, 0) is 17.8 Å². The zero-order valence-corrected chi connectivity index (χ0v) is 11.6. The molecule has 1 aliphatic rings. The lowest BCUT2D eigenvalue weighted by Crippen LogP contribution is -2.48. The summed E-state index contributed by atoms with van der Waals surface area (Å²) in [5.74, 6) is -2.66. The third kappa shape index (κ3) is 2.43. The van der Waals surface area contributed by atoms with Crippen molar-refractivity contribution >= 4 is 11.9 Å². The Balaban J connectivity index is 1.99. The molecular formula is C16H13FN2O3. The number of benzene rings is 1. The number of nitrogens with zero attached hydrogens (tertiary/aromatic N) is 2. The SMILES string of the molecule is O=C(O)C1Cc2ccccc2CN1C(=O)c1cccnc1F. The Morgan fingerprint density at radius 3 is 2.59 bits per heavy atom. The van der Waals surface area contributed by atoms with Gasteiger partial charge in [0.1, 0.15) is 6.04 Å². The fourth-order valence-corrected chi connectivity index (χ4v) is 2.66. The van der Waals surface area contributed by atoms with E-state index in [9.17, 15) is 19.1 Å². The van der Waals surface area contributed by atoms with Crippen molar-refractivity contribution in [1.82, 2.24) is 9.88 Å². The molecule has 0 spiro atoms. The van der Waals surface area contributed by atoms with Crippen LogP contribution < -0.4 is 0 Å². The standard InChI is InChI=1S/C16H13FN2O3/c17-14-12(6-3-7-18-14)15(20)19-9-11-5-2-1-4-10(11)8-13(19)16(21)22/h1-7,13H,8-9H2,(H,21,22). The molecule has 0 aliphatic carbocycles. The van der Waals surface area contributed by atoms with E-state index >= 15 is 0 Å². The smallest absolute Gasteiger partial charge is 0.326 e. The van der Waals surface area contributed by atoms with Gasteiger partial charge in [-0.2, -0.15) is 4.39 Å². The first-order valence-corrected chi connectivity index (χ1v) is 6.79. The van der Waals surface area contributed by atoms with Gasteiger partial charge in [-0.1, -0.05) is 24.3 Å². The molecule has 3 rings (SSSR count). The number of carboxylic acid groups (broad SMARTS) is 1. The molecule has 5 nitrogen and oxygen atoms in total.